The lowest BCUT2D eigenvalue weighted by atomic mass is 10.1. The minimum atomic E-state index is -0.210. The van der Waals surface area contributed by atoms with Crippen molar-refractivity contribution in [2.75, 3.05) is 31.2 Å². The van der Waals surface area contributed by atoms with Crippen LogP contribution in [0.3, 0.4) is 0 Å². The summed E-state index contributed by atoms with van der Waals surface area (Å²) in [6.45, 7) is 6.34. The molecule has 1 aromatic heterocycles. The van der Waals surface area contributed by atoms with Gasteiger partial charge in [0.2, 0.25) is 0 Å². The molecule has 100 valence electrons. The van der Waals surface area contributed by atoms with Gasteiger partial charge in [0, 0.05) is 19.2 Å². The van der Waals surface area contributed by atoms with E-state index in [9.17, 15) is 4.79 Å². The second-order valence-electron chi connectivity index (χ2n) is 5.03. The number of ether oxygens (including phenoxy) is 1. The van der Waals surface area contributed by atoms with Gasteiger partial charge < -0.3 is 14.7 Å². The van der Waals surface area contributed by atoms with Crippen molar-refractivity contribution in [2.24, 2.45) is 0 Å². The Morgan fingerprint density at radius 3 is 2.94 bits per heavy atom. The summed E-state index contributed by atoms with van der Waals surface area (Å²) >= 11 is 0. The second-order valence-corrected chi connectivity index (χ2v) is 5.03. The van der Waals surface area contributed by atoms with Gasteiger partial charge in [-0.3, -0.25) is 4.79 Å². The SMILES string of the molecule is CC1(C)CN(c2cnn(CCO)c(=O)c2)CCO1. The lowest BCUT2D eigenvalue weighted by Gasteiger charge is -2.39. The molecule has 1 aromatic rings. The lowest BCUT2D eigenvalue weighted by Crippen LogP contribution is -2.48. The third-order valence-electron chi connectivity index (χ3n) is 2.96. The third kappa shape index (κ3) is 2.88. The predicted molar refractivity (Wildman–Crippen MR) is 67.8 cm³/mol. The standard InChI is InChI=1S/C12H19N3O3/c1-12(2)9-14(4-6-18-12)10-7-11(17)15(3-5-16)13-8-10/h7-8,16H,3-6,9H2,1-2H3. The van der Waals surface area contributed by atoms with E-state index in [1.807, 2.05) is 13.8 Å². The van der Waals surface area contributed by atoms with E-state index in [0.717, 1.165) is 18.8 Å². The highest BCUT2D eigenvalue weighted by molar-refractivity contribution is 5.43. The van der Waals surface area contributed by atoms with E-state index < -0.39 is 0 Å². The van der Waals surface area contributed by atoms with Crippen molar-refractivity contribution in [1.82, 2.24) is 9.78 Å². The summed E-state index contributed by atoms with van der Waals surface area (Å²) in [6.07, 6.45) is 1.67. The molecule has 0 aromatic carbocycles. The minimum absolute atomic E-state index is 0.0865. The summed E-state index contributed by atoms with van der Waals surface area (Å²) in [4.78, 5) is 13.9. The normalized spacial score (nSPS) is 18.9. The Kier molecular flexibility index (Phi) is 3.68. The van der Waals surface area contributed by atoms with E-state index >= 15 is 0 Å². The summed E-state index contributed by atoms with van der Waals surface area (Å²) in [7, 11) is 0. The van der Waals surface area contributed by atoms with Crippen LogP contribution >= 0.6 is 0 Å². The second kappa shape index (κ2) is 5.07. The maximum absolute atomic E-state index is 11.8. The molecule has 0 bridgehead atoms. The zero-order valence-electron chi connectivity index (χ0n) is 10.8. The minimum Gasteiger partial charge on any atom is -0.394 e. The first kappa shape index (κ1) is 13.0. The summed E-state index contributed by atoms with van der Waals surface area (Å²) in [5.74, 6) is 0. The highest BCUT2D eigenvalue weighted by Crippen LogP contribution is 2.21. The first-order valence-corrected chi connectivity index (χ1v) is 6.09. The highest BCUT2D eigenvalue weighted by Gasteiger charge is 2.27. The number of hydrogen-bond donors (Lipinski definition) is 1. The molecule has 2 heterocycles. The number of hydrogen-bond acceptors (Lipinski definition) is 5. The Labute approximate surface area is 106 Å². The lowest BCUT2D eigenvalue weighted by molar-refractivity contribution is -0.0277. The molecule has 6 nitrogen and oxygen atoms in total. The number of nitrogens with zero attached hydrogens (tertiary/aromatic N) is 3. The van der Waals surface area contributed by atoms with Gasteiger partial charge >= 0.3 is 0 Å². The number of aliphatic hydroxyl groups excluding tert-OH is 1. The quantitative estimate of drug-likeness (QED) is 0.811. The molecule has 0 spiro atoms. The number of anilines is 1. The van der Waals surface area contributed by atoms with Crippen LogP contribution in [-0.4, -0.2) is 46.8 Å². The molecular formula is C12H19N3O3. The zero-order valence-corrected chi connectivity index (χ0v) is 10.8. The van der Waals surface area contributed by atoms with Crippen LogP contribution < -0.4 is 10.5 Å². The van der Waals surface area contributed by atoms with Crippen molar-refractivity contribution in [3.63, 3.8) is 0 Å². The van der Waals surface area contributed by atoms with E-state index in [0.29, 0.717) is 6.61 Å². The van der Waals surface area contributed by atoms with Gasteiger partial charge in [-0.1, -0.05) is 0 Å². The number of aliphatic hydroxyl groups is 1. The molecule has 0 saturated carbocycles. The fourth-order valence-electron chi connectivity index (χ4n) is 2.10. The fraction of sp³-hybridized carbons (Fsp3) is 0.667. The number of rotatable bonds is 3. The van der Waals surface area contributed by atoms with Crippen molar-refractivity contribution in [2.45, 2.75) is 26.0 Å². The Morgan fingerprint density at radius 2 is 2.33 bits per heavy atom. The van der Waals surface area contributed by atoms with Gasteiger partial charge in [-0.15, -0.1) is 0 Å². The summed E-state index contributed by atoms with van der Waals surface area (Å²) < 4.78 is 6.89. The van der Waals surface area contributed by atoms with Gasteiger partial charge in [-0.05, 0) is 13.8 Å². The molecule has 2 rings (SSSR count). The molecule has 0 radical (unpaired) electrons. The Bertz CT molecular complexity index is 470. The first-order chi connectivity index (χ1) is 8.52. The largest absolute Gasteiger partial charge is 0.394 e. The van der Waals surface area contributed by atoms with Crippen LogP contribution in [0.25, 0.3) is 0 Å². The molecule has 6 heteroatoms. The maximum Gasteiger partial charge on any atom is 0.268 e. The Morgan fingerprint density at radius 1 is 1.56 bits per heavy atom. The van der Waals surface area contributed by atoms with Gasteiger partial charge in [-0.2, -0.15) is 5.10 Å². The molecule has 1 aliphatic heterocycles. The molecule has 1 aliphatic rings. The van der Waals surface area contributed by atoms with Crippen molar-refractivity contribution >= 4 is 5.69 Å². The van der Waals surface area contributed by atoms with E-state index in [1.54, 1.807) is 12.3 Å². The van der Waals surface area contributed by atoms with Gasteiger partial charge in [0.1, 0.15) is 0 Å². The van der Waals surface area contributed by atoms with Crippen LogP contribution in [-0.2, 0) is 11.3 Å². The average molecular weight is 253 g/mol. The van der Waals surface area contributed by atoms with Crippen molar-refractivity contribution in [3.8, 4) is 0 Å². The molecule has 0 atom stereocenters. The van der Waals surface area contributed by atoms with Crippen molar-refractivity contribution in [3.05, 3.63) is 22.6 Å². The van der Waals surface area contributed by atoms with E-state index in [2.05, 4.69) is 10.00 Å². The van der Waals surface area contributed by atoms with Crippen LogP contribution in [0, 0.1) is 0 Å². The van der Waals surface area contributed by atoms with Crippen LogP contribution in [0.4, 0.5) is 5.69 Å². The Hall–Kier alpha value is -1.40. The summed E-state index contributed by atoms with van der Waals surface area (Å²) in [5, 5.41) is 12.9. The van der Waals surface area contributed by atoms with Crippen molar-refractivity contribution in [1.29, 1.82) is 0 Å². The fourth-order valence-corrected chi connectivity index (χ4v) is 2.10. The molecule has 0 amide bonds. The van der Waals surface area contributed by atoms with Gasteiger partial charge in [0.25, 0.3) is 5.56 Å². The number of aromatic nitrogens is 2. The van der Waals surface area contributed by atoms with E-state index in [1.165, 1.54) is 4.68 Å². The monoisotopic (exact) mass is 253 g/mol. The van der Waals surface area contributed by atoms with Crippen LogP contribution in [0.1, 0.15) is 13.8 Å². The van der Waals surface area contributed by atoms with Crippen LogP contribution in [0.5, 0.6) is 0 Å². The predicted octanol–water partition coefficient (Wildman–Crippen LogP) is -0.149. The van der Waals surface area contributed by atoms with Crippen LogP contribution in [0.2, 0.25) is 0 Å². The van der Waals surface area contributed by atoms with E-state index in [4.69, 9.17) is 9.84 Å². The smallest absolute Gasteiger partial charge is 0.268 e. The van der Waals surface area contributed by atoms with Gasteiger partial charge in [-0.25, -0.2) is 4.68 Å². The topological polar surface area (TPSA) is 67.6 Å². The maximum atomic E-state index is 11.8. The van der Waals surface area contributed by atoms with E-state index in [-0.39, 0.29) is 24.3 Å². The molecule has 1 fully saturated rings. The first-order valence-electron chi connectivity index (χ1n) is 6.09. The summed E-state index contributed by atoms with van der Waals surface area (Å²) in [6, 6.07) is 1.56. The van der Waals surface area contributed by atoms with Gasteiger partial charge in [0.15, 0.2) is 0 Å². The molecule has 1 saturated heterocycles. The third-order valence-corrected chi connectivity index (χ3v) is 2.96. The molecule has 18 heavy (non-hydrogen) atoms. The van der Waals surface area contributed by atoms with Crippen molar-refractivity contribution < 1.29 is 9.84 Å². The number of morpholine rings is 1. The molecule has 0 unspecified atom stereocenters. The van der Waals surface area contributed by atoms with Crippen LogP contribution in [0.15, 0.2) is 17.1 Å². The van der Waals surface area contributed by atoms with Gasteiger partial charge in [0.05, 0.1) is 37.2 Å². The molecular weight excluding hydrogens is 234 g/mol. The molecule has 0 aliphatic carbocycles. The zero-order chi connectivity index (χ0) is 13.2. The molecule has 1 N–H and O–H groups in total. The summed E-state index contributed by atoms with van der Waals surface area (Å²) in [5.41, 5.74) is 0.412. The average Bonchev–Trinajstić information content (AvgIpc) is 2.30. The highest BCUT2D eigenvalue weighted by atomic mass is 16.5. The Balaban J connectivity index is 2.19.